The summed E-state index contributed by atoms with van der Waals surface area (Å²) >= 11 is 0. The van der Waals surface area contributed by atoms with Gasteiger partial charge in [-0.05, 0) is 107 Å². The highest BCUT2D eigenvalue weighted by Gasteiger charge is 2.13. The zero-order valence-electron chi connectivity index (χ0n) is 22.3. The predicted molar refractivity (Wildman–Crippen MR) is 150 cm³/mol. The fourth-order valence-electron chi connectivity index (χ4n) is 4.63. The first kappa shape index (κ1) is 25.7. The van der Waals surface area contributed by atoms with Gasteiger partial charge >= 0.3 is 5.91 Å². The fourth-order valence-corrected chi connectivity index (χ4v) is 4.63. The average Bonchev–Trinajstić information content (AvgIpc) is 3.61. The molecule has 0 aliphatic carbocycles. The molecular weight excluding hydrogens is 492 g/mol. The van der Waals surface area contributed by atoms with Gasteiger partial charge in [0.05, 0.1) is 6.21 Å². The molecule has 2 aromatic carbocycles. The van der Waals surface area contributed by atoms with Gasteiger partial charge in [-0.15, -0.1) is 0 Å². The molecule has 8 heteroatoms. The molecule has 0 radical (unpaired) electrons. The number of carbonyl (C=O) groups excluding carboxylic acids is 1. The van der Waals surface area contributed by atoms with Crippen molar-refractivity contribution in [1.82, 2.24) is 14.6 Å². The fraction of sp³-hybridized carbons (Fsp3) is 0.161. The average molecular weight is 523 g/mol. The number of phenolic OH excluding ortho intramolecular Hbond substituents is 1. The zero-order valence-corrected chi connectivity index (χ0v) is 22.3. The zero-order chi connectivity index (χ0) is 27.5. The largest absolute Gasteiger partial charge is 0.508 e. The molecule has 5 rings (SSSR count). The summed E-state index contributed by atoms with van der Waals surface area (Å²) in [5, 5.41) is 13.7. The standard InChI is InChI=1S/C31H30N4O4/c1-20-5-6-21(2)34(20)25-9-13-28(14-10-25)38-19-29-15-16-30(39-29)31(37)33-32-18-24-17-22(3)35(23(24)4)26-7-11-27(36)12-8-26/h5-18,36H,19H2,1-4H3,(H,33,37)/b32-18+. The summed E-state index contributed by atoms with van der Waals surface area (Å²) < 4.78 is 15.7. The normalized spacial score (nSPS) is 11.3. The molecule has 0 saturated carbocycles. The molecule has 198 valence electrons. The molecule has 0 aliphatic heterocycles. The second-order valence-corrected chi connectivity index (χ2v) is 9.38. The predicted octanol–water partition coefficient (Wildman–Crippen LogP) is 6.14. The number of aromatic nitrogens is 2. The van der Waals surface area contributed by atoms with Gasteiger partial charge in [0.15, 0.2) is 5.76 Å². The topological polar surface area (TPSA) is 93.9 Å². The Morgan fingerprint density at radius 3 is 2.21 bits per heavy atom. The first-order chi connectivity index (χ1) is 18.8. The van der Waals surface area contributed by atoms with Gasteiger partial charge in [-0.2, -0.15) is 5.10 Å². The summed E-state index contributed by atoms with van der Waals surface area (Å²) in [5.74, 6) is 1.15. The van der Waals surface area contributed by atoms with Crippen LogP contribution in [0.1, 0.15) is 44.7 Å². The number of hydrazone groups is 1. The van der Waals surface area contributed by atoms with E-state index in [-0.39, 0.29) is 18.1 Å². The van der Waals surface area contributed by atoms with E-state index in [1.54, 1.807) is 30.5 Å². The Bertz CT molecular complexity index is 1620. The van der Waals surface area contributed by atoms with Gasteiger partial charge in [-0.1, -0.05) is 0 Å². The maximum atomic E-state index is 12.5. The van der Waals surface area contributed by atoms with E-state index in [2.05, 4.69) is 45.6 Å². The number of phenols is 1. The van der Waals surface area contributed by atoms with E-state index >= 15 is 0 Å². The molecule has 0 saturated heterocycles. The van der Waals surface area contributed by atoms with Crippen LogP contribution < -0.4 is 10.2 Å². The number of rotatable bonds is 8. The van der Waals surface area contributed by atoms with Crippen LogP contribution in [0.3, 0.4) is 0 Å². The maximum Gasteiger partial charge on any atom is 0.307 e. The van der Waals surface area contributed by atoms with Crippen molar-refractivity contribution < 1.29 is 19.1 Å². The summed E-state index contributed by atoms with van der Waals surface area (Å²) in [7, 11) is 0. The Morgan fingerprint density at radius 1 is 0.872 bits per heavy atom. The first-order valence-electron chi connectivity index (χ1n) is 12.6. The summed E-state index contributed by atoms with van der Waals surface area (Å²) in [4.78, 5) is 12.5. The van der Waals surface area contributed by atoms with Gasteiger partial charge in [-0.25, -0.2) is 5.43 Å². The highest BCUT2D eigenvalue weighted by Crippen LogP contribution is 2.22. The van der Waals surface area contributed by atoms with Crippen molar-refractivity contribution in [3.05, 3.63) is 119 Å². The van der Waals surface area contributed by atoms with Crippen LogP contribution >= 0.6 is 0 Å². The molecule has 1 amide bonds. The lowest BCUT2D eigenvalue weighted by atomic mass is 10.2. The van der Waals surface area contributed by atoms with Crippen LogP contribution in [-0.2, 0) is 6.61 Å². The first-order valence-corrected chi connectivity index (χ1v) is 12.6. The van der Waals surface area contributed by atoms with Crippen LogP contribution in [-0.4, -0.2) is 26.4 Å². The Labute approximate surface area is 226 Å². The minimum Gasteiger partial charge on any atom is -0.508 e. The van der Waals surface area contributed by atoms with Crippen LogP contribution in [0.2, 0.25) is 0 Å². The molecular formula is C31H30N4O4. The van der Waals surface area contributed by atoms with Gasteiger partial charge in [0, 0.05) is 39.7 Å². The molecule has 3 heterocycles. The quantitative estimate of drug-likeness (QED) is 0.189. The van der Waals surface area contributed by atoms with E-state index in [1.807, 2.05) is 56.3 Å². The molecule has 39 heavy (non-hydrogen) atoms. The number of hydrogen-bond donors (Lipinski definition) is 2. The third-order valence-electron chi connectivity index (χ3n) is 6.58. The van der Waals surface area contributed by atoms with E-state index < -0.39 is 5.91 Å². The van der Waals surface area contributed by atoms with Crippen LogP contribution in [0.15, 0.2) is 88.4 Å². The molecule has 0 bridgehead atoms. The second kappa shape index (κ2) is 10.8. The molecule has 0 unspecified atom stereocenters. The highest BCUT2D eigenvalue weighted by atomic mass is 16.5. The van der Waals surface area contributed by atoms with Crippen molar-refractivity contribution in [1.29, 1.82) is 0 Å². The van der Waals surface area contributed by atoms with Crippen LogP contribution in [0.5, 0.6) is 11.5 Å². The molecule has 5 aromatic rings. The van der Waals surface area contributed by atoms with Gasteiger partial charge in [-0.3, -0.25) is 4.79 Å². The van der Waals surface area contributed by atoms with Crippen molar-refractivity contribution in [3.63, 3.8) is 0 Å². The number of nitrogens with one attached hydrogen (secondary N) is 1. The van der Waals surface area contributed by atoms with E-state index in [0.717, 1.165) is 28.3 Å². The lowest BCUT2D eigenvalue weighted by Gasteiger charge is -2.10. The number of nitrogens with zero attached hydrogens (tertiary/aromatic N) is 3. The number of benzene rings is 2. The van der Waals surface area contributed by atoms with E-state index in [4.69, 9.17) is 9.15 Å². The smallest absolute Gasteiger partial charge is 0.307 e. The number of aryl methyl sites for hydroxylation is 3. The Kier molecular flexibility index (Phi) is 7.10. The monoisotopic (exact) mass is 522 g/mol. The summed E-state index contributed by atoms with van der Waals surface area (Å²) in [5.41, 5.74) is 9.69. The second-order valence-electron chi connectivity index (χ2n) is 9.38. The van der Waals surface area contributed by atoms with Crippen molar-refractivity contribution in [2.75, 3.05) is 0 Å². The van der Waals surface area contributed by atoms with Crippen molar-refractivity contribution in [2.24, 2.45) is 5.10 Å². The van der Waals surface area contributed by atoms with Gasteiger partial charge in [0.25, 0.3) is 0 Å². The van der Waals surface area contributed by atoms with Gasteiger partial charge in [0.1, 0.15) is 23.9 Å². The van der Waals surface area contributed by atoms with Crippen molar-refractivity contribution in [2.45, 2.75) is 34.3 Å². The molecule has 0 aliphatic rings. The summed E-state index contributed by atoms with van der Waals surface area (Å²) in [6.07, 6.45) is 1.60. The van der Waals surface area contributed by atoms with Gasteiger partial charge in [0.2, 0.25) is 0 Å². The third-order valence-corrected chi connectivity index (χ3v) is 6.58. The van der Waals surface area contributed by atoms with Gasteiger partial charge < -0.3 is 23.4 Å². The van der Waals surface area contributed by atoms with Crippen molar-refractivity contribution >= 4 is 12.1 Å². The SMILES string of the molecule is Cc1ccc(C)n1-c1ccc(OCc2ccc(C(=O)N/N=C/c3cc(C)n(-c4ccc(O)cc4)c3C)o2)cc1. The number of hydrogen-bond acceptors (Lipinski definition) is 5. The van der Waals surface area contributed by atoms with Crippen LogP contribution in [0.4, 0.5) is 0 Å². The Balaban J connectivity index is 1.17. The minimum absolute atomic E-state index is 0.147. The molecule has 0 spiro atoms. The number of ether oxygens (including phenoxy) is 1. The maximum absolute atomic E-state index is 12.5. The molecule has 3 aromatic heterocycles. The minimum atomic E-state index is -0.452. The Hall–Kier alpha value is -4.98. The highest BCUT2D eigenvalue weighted by molar-refractivity contribution is 5.92. The lowest BCUT2D eigenvalue weighted by Crippen LogP contribution is -2.16. The van der Waals surface area contributed by atoms with Crippen molar-refractivity contribution in [3.8, 4) is 22.9 Å². The molecule has 8 nitrogen and oxygen atoms in total. The molecule has 2 N–H and O–H groups in total. The number of carbonyl (C=O) groups is 1. The Morgan fingerprint density at radius 2 is 1.51 bits per heavy atom. The van der Waals surface area contributed by atoms with E-state index in [1.165, 1.54) is 11.4 Å². The van der Waals surface area contributed by atoms with E-state index in [9.17, 15) is 9.90 Å². The number of furan rings is 1. The van der Waals surface area contributed by atoms with Crippen LogP contribution in [0, 0.1) is 27.7 Å². The molecule has 0 atom stereocenters. The lowest BCUT2D eigenvalue weighted by molar-refractivity contribution is 0.0923. The molecule has 0 fully saturated rings. The third kappa shape index (κ3) is 5.50. The van der Waals surface area contributed by atoms with E-state index in [0.29, 0.717) is 11.5 Å². The van der Waals surface area contributed by atoms with Crippen LogP contribution in [0.25, 0.3) is 11.4 Å². The summed E-state index contributed by atoms with van der Waals surface area (Å²) in [6.45, 7) is 8.30. The number of aromatic hydroxyl groups is 1. The summed E-state index contributed by atoms with van der Waals surface area (Å²) in [6, 6.07) is 24.3. The number of amides is 1.